The molecule has 1 fully saturated rings. The molecule has 94 valence electrons. The van der Waals surface area contributed by atoms with Crippen LogP contribution in [0, 0.1) is 24.2 Å². The molecule has 1 heterocycles. The van der Waals surface area contributed by atoms with Gasteiger partial charge in [-0.2, -0.15) is 5.26 Å². The molecule has 1 aromatic rings. The fourth-order valence-corrected chi connectivity index (χ4v) is 1.98. The van der Waals surface area contributed by atoms with E-state index in [1.165, 1.54) is 0 Å². The van der Waals surface area contributed by atoms with Crippen LogP contribution in [-0.2, 0) is 4.79 Å². The smallest absolute Gasteiger partial charge is 0.329 e. The lowest BCUT2D eigenvalue weighted by Crippen LogP contribution is -2.46. The summed E-state index contributed by atoms with van der Waals surface area (Å²) >= 11 is 0. The average molecular weight is 245 g/mol. The maximum Gasteiger partial charge on any atom is 0.329 e. The molecule has 0 spiro atoms. The number of anilines is 1. The first kappa shape index (κ1) is 12.4. The lowest BCUT2D eigenvalue weighted by atomic mass is 9.95. The molecule has 0 aromatic carbocycles. The number of nitrogens with zero attached hydrogens (tertiary/aromatic N) is 2. The fraction of sp³-hybridized carbons (Fsp3) is 0.462. The van der Waals surface area contributed by atoms with Crippen molar-refractivity contribution in [1.82, 2.24) is 4.98 Å². The Morgan fingerprint density at radius 3 is 2.78 bits per heavy atom. The molecule has 1 aliphatic carbocycles. The molecule has 1 unspecified atom stereocenters. The average Bonchev–Trinajstić information content (AvgIpc) is 3.13. The third kappa shape index (κ3) is 2.14. The summed E-state index contributed by atoms with van der Waals surface area (Å²) in [7, 11) is 0. The van der Waals surface area contributed by atoms with Gasteiger partial charge in [-0.25, -0.2) is 9.78 Å². The normalized spacial score (nSPS) is 17.6. The molecule has 0 amide bonds. The Bertz CT molecular complexity index is 532. The van der Waals surface area contributed by atoms with E-state index in [9.17, 15) is 9.90 Å². The van der Waals surface area contributed by atoms with Gasteiger partial charge >= 0.3 is 5.97 Å². The molecule has 1 aromatic heterocycles. The highest BCUT2D eigenvalue weighted by atomic mass is 16.4. The number of carboxylic acid groups (broad SMARTS) is 1. The number of rotatable bonds is 4. The predicted octanol–water partition coefficient (Wildman–Crippen LogP) is 1.93. The van der Waals surface area contributed by atoms with Crippen LogP contribution in [0.5, 0.6) is 0 Å². The summed E-state index contributed by atoms with van der Waals surface area (Å²) in [4.78, 5) is 15.6. The first-order chi connectivity index (χ1) is 8.47. The zero-order valence-electron chi connectivity index (χ0n) is 10.4. The van der Waals surface area contributed by atoms with Crippen molar-refractivity contribution in [1.29, 1.82) is 5.26 Å². The van der Waals surface area contributed by atoms with E-state index in [-0.39, 0.29) is 5.92 Å². The molecule has 5 heteroatoms. The van der Waals surface area contributed by atoms with Crippen LogP contribution in [0.25, 0.3) is 0 Å². The van der Waals surface area contributed by atoms with E-state index in [2.05, 4.69) is 10.3 Å². The van der Waals surface area contributed by atoms with Crippen molar-refractivity contribution in [2.24, 2.45) is 5.92 Å². The highest BCUT2D eigenvalue weighted by Crippen LogP contribution is 2.41. The Morgan fingerprint density at radius 2 is 2.28 bits per heavy atom. The lowest BCUT2D eigenvalue weighted by Gasteiger charge is -2.27. The minimum atomic E-state index is -1.05. The number of nitrogens with one attached hydrogen (secondary N) is 1. The third-order valence-electron chi connectivity index (χ3n) is 3.37. The van der Waals surface area contributed by atoms with E-state index >= 15 is 0 Å². The van der Waals surface area contributed by atoms with Crippen molar-refractivity contribution in [3.63, 3.8) is 0 Å². The Hall–Kier alpha value is -2.09. The van der Waals surface area contributed by atoms with Gasteiger partial charge in [0.2, 0.25) is 0 Å². The minimum absolute atomic E-state index is 0.101. The fourth-order valence-electron chi connectivity index (χ4n) is 1.98. The SMILES string of the molecule is Cc1ccc(C#N)c(NC(C)(C(=O)O)C2CC2)n1. The van der Waals surface area contributed by atoms with Gasteiger partial charge in [0.1, 0.15) is 17.4 Å². The van der Waals surface area contributed by atoms with Crippen LogP contribution >= 0.6 is 0 Å². The second-order valence-corrected chi connectivity index (χ2v) is 4.87. The van der Waals surface area contributed by atoms with Gasteiger partial charge in [0.15, 0.2) is 0 Å². The quantitative estimate of drug-likeness (QED) is 0.846. The highest BCUT2D eigenvalue weighted by molar-refractivity contribution is 5.83. The number of aliphatic carboxylic acids is 1. The Kier molecular flexibility index (Phi) is 2.95. The van der Waals surface area contributed by atoms with E-state index < -0.39 is 11.5 Å². The number of carbonyl (C=O) groups is 1. The van der Waals surface area contributed by atoms with Crippen LogP contribution < -0.4 is 5.32 Å². The monoisotopic (exact) mass is 245 g/mol. The lowest BCUT2D eigenvalue weighted by molar-refractivity contribution is -0.142. The number of hydrogen-bond acceptors (Lipinski definition) is 4. The Balaban J connectivity index is 2.35. The van der Waals surface area contributed by atoms with Gasteiger partial charge in [0, 0.05) is 5.69 Å². The van der Waals surface area contributed by atoms with Crippen LogP contribution in [0.4, 0.5) is 5.82 Å². The summed E-state index contributed by atoms with van der Waals surface area (Å²) in [6.07, 6.45) is 1.78. The van der Waals surface area contributed by atoms with Crippen molar-refractivity contribution in [3.8, 4) is 6.07 Å². The summed E-state index contributed by atoms with van der Waals surface area (Å²) in [5, 5.41) is 21.3. The van der Waals surface area contributed by atoms with Crippen LogP contribution in [0.1, 0.15) is 31.0 Å². The molecule has 0 bridgehead atoms. The molecule has 0 saturated heterocycles. The van der Waals surface area contributed by atoms with Gasteiger partial charge in [-0.3, -0.25) is 0 Å². The first-order valence-corrected chi connectivity index (χ1v) is 5.86. The molecule has 18 heavy (non-hydrogen) atoms. The molecular formula is C13H15N3O2. The van der Waals surface area contributed by atoms with Crippen molar-refractivity contribution in [2.75, 3.05) is 5.32 Å². The highest BCUT2D eigenvalue weighted by Gasteiger charge is 2.48. The zero-order chi connectivity index (χ0) is 13.3. The summed E-state index contributed by atoms with van der Waals surface area (Å²) in [6.45, 7) is 3.46. The van der Waals surface area contributed by atoms with Crippen molar-refractivity contribution in [3.05, 3.63) is 23.4 Å². The number of pyridine rings is 1. The number of aromatic nitrogens is 1. The number of aryl methyl sites for hydroxylation is 1. The maximum absolute atomic E-state index is 11.4. The van der Waals surface area contributed by atoms with Crippen LogP contribution in [-0.4, -0.2) is 21.6 Å². The summed E-state index contributed by atoms with van der Waals surface area (Å²) in [5.41, 5.74) is 0.0700. The molecule has 1 atom stereocenters. The topological polar surface area (TPSA) is 86.0 Å². The predicted molar refractivity (Wildman–Crippen MR) is 66.1 cm³/mol. The molecule has 2 N–H and O–H groups in total. The van der Waals surface area contributed by atoms with Gasteiger partial charge in [0.25, 0.3) is 0 Å². The molecular weight excluding hydrogens is 230 g/mol. The van der Waals surface area contributed by atoms with Crippen molar-refractivity contribution >= 4 is 11.8 Å². The standard InChI is InChI=1S/C13H15N3O2/c1-8-3-4-9(7-14)11(15-8)16-13(2,12(17)18)10-5-6-10/h3-4,10H,5-6H2,1-2H3,(H,15,16)(H,17,18). The molecule has 1 aliphatic rings. The van der Waals surface area contributed by atoms with E-state index in [4.69, 9.17) is 5.26 Å². The number of nitriles is 1. The number of hydrogen-bond donors (Lipinski definition) is 2. The molecule has 1 saturated carbocycles. The Labute approximate surface area is 105 Å². The van der Waals surface area contributed by atoms with E-state index in [1.807, 2.05) is 13.0 Å². The van der Waals surface area contributed by atoms with E-state index in [1.54, 1.807) is 19.1 Å². The second kappa shape index (κ2) is 4.30. The second-order valence-electron chi connectivity index (χ2n) is 4.87. The van der Waals surface area contributed by atoms with E-state index in [0.717, 1.165) is 18.5 Å². The molecule has 0 aliphatic heterocycles. The summed E-state index contributed by atoms with van der Waals surface area (Å²) in [6, 6.07) is 5.41. The molecule has 0 radical (unpaired) electrons. The van der Waals surface area contributed by atoms with Crippen LogP contribution in [0.2, 0.25) is 0 Å². The first-order valence-electron chi connectivity index (χ1n) is 5.86. The minimum Gasteiger partial charge on any atom is -0.480 e. The van der Waals surface area contributed by atoms with E-state index in [0.29, 0.717) is 11.4 Å². The summed E-state index contributed by atoms with van der Waals surface area (Å²) in [5.74, 6) is -0.449. The van der Waals surface area contributed by atoms with Gasteiger partial charge in [-0.05, 0) is 44.7 Å². The third-order valence-corrected chi connectivity index (χ3v) is 3.37. The molecule has 2 rings (SSSR count). The van der Waals surface area contributed by atoms with Crippen LogP contribution in [0.3, 0.4) is 0 Å². The molecule has 5 nitrogen and oxygen atoms in total. The van der Waals surface area contributed by atoms with Gasteiger partial charge < -0.3 is 10.4 Å². The van der Waals surface area contributed by atoms with Crippen LogP contribution in [0.15, 0.2) is 12.1 Å². The van der Waals surface area contributed by atoms with Crippen molar-refractivity contribution < 1.29 is 9.90 Å². The van der Waals surface area contributed by atoms with Gasteiger partial charge in [-0.15, -0.1) is 0 Å². The number of carboxylic acids is 1. The largest absolute Gasteiger partial charge is 0.480 e. The zero-order valence-corrected chi connectivity index (χ0v) is 10.4. The van der Waals surface area contributed by atoms with Gasteiger partial charge in [-0.1, -0.05) is 0 Å². The van der Waals surface area contributed by atoms with Gasteiger partial charge in [0.05, 0.1) is 5.56 Å². The summed E-state index contributed by atoms with van der Waals surface area (Å²) < 4.78 is 0. The maximum atomic E-state index is 11.4. The van der Waals surface area contributed by atoms with Crippen molar-refractivity contribution in [2.45, 2.75) is 32.2 Å². The Morgan fingerprint density at radius 1 is 1.61 bits per heavy atom.